The van der Waals surface area contributed by atoms with Crippen molar-refractivity contribution in [2.45, 2.75) is 32.9 Å². The molecule has 0 amide bonds. The lowest BCUT2D eigenvalue weighted by Gasteiger charge is -2.18. The molecule has 0 fully saturated rings. The van der Waals surface area contributed by atoms with E-state index >= 15 is 0 Å². The van der Waals surface area contributed by atoms with Crippen LogP contribution in [0.1, 0.15) is 36.9 Å². The van der Waals surface area contributed by atoms with Gasteiger partial charge < -0.3 is 14.6 Å². The molecule has 1 aliphatic heterocycles. The van der Waals surface area contributed by atoms with Crippen LogP contribution in [0.5, 0.6) is 0 Å². The lowest BCUT2D eigenvalue weighted by atomic mass is 9.95. The number of fused-ring (bicyclic) bond motifs is 1. The van der Waals surface area contributed by atoms with Gasteiger partial charge in [0.15, 0.2) is 0 Å². The molecule has 2 aromatic rings. The highest BCUT2D eigenvalue weighted by Crippen LogP contribution is 2.29. The maximum Gasteiger partial charge on any atom is 0.258 e. The lowest BCUT2D eigenvalue weighted by molar-refractivity contribution is 0.0556. The number of aromatic nitrogens is 2. The standard InChI is InChI=1S/C16H21N3O2/c1-10(2)14(20-3)15-18-16(21-19-15)13-6-4-5-11-9-17-8-7-12(11)13/h4-6,10,14,17H,7-9H2,1-3H3. The van der Waals surface area contributed by atoms with Crippen molar-refractivity contribution in [2.24, 2.45) is 5.92 Å². The molecule has 112 valence electrons. The van der Waals surface area contributed by atoms with Gasteiger partial charge in [0, 0.05) is 19.2 Å². The summed E-state index contributed by atoms with van der Waals surface area (Å²) in [6.45, 7) is 6.05. The van der Waals surface area contributed by atoms with Gasteiger partial charge in [0.05, 0.1) is 0 Å². The second-order valence-corrected chi connectivity index (χ2v) is 5.73. The van der Waals surface area contributed by atoms with E-state index in [9.17, 15) is 0 Å². The Morgan fingerprint density at radius 3 is 2.95 bits per heavy atom. The predicted octanol–water partition coefficient (Wildman–Crippen LogP) is 2.73. The molecule has 1 N–H and O–H groups in total. The van der Waals surface area contributed by atoms with E-state index in [1.54, 1.807) is 7.11 Å². The quantitative estimate of drug-likeness (QED) is 0.937. The third-order valence-electron chi connectivity index (χ3n) is 3.93. The average molecular weight is 287 g/mol. The van der Waals surface area contributed by atoms with Gasteiger partial charge >= 0.3 is 0 Å². The molecule has 0 saturated heterocycles. The van der Waals surface area contributed by atoms with E-state index in [2.05, 4.69) is 41.4 Å². The van der Waals surface area contributed by atoms with Crippen LogP contribution in [0.3, 0.4) is 0 Å². The van der Waals surface area contributed by atoms with Gasteiger partial charge in [-0.15, -0.1) is 0 Å². The van der Waals surface area contributed by atoms with Crippen LogP contribution in [0.15, 0.2) is 22.7 Å². The topological polar surface area (TPSA) is 60.2 Å². The maximum atomic E-state index is 5.49. The Labute approximate surface area is 124 Å². The van der Waals surface area contributed by atoms with Crippen molar-refractivity contribution in [1.82, 2.24) is 15.5 Å². The predicted molar refractivity (Wildman–Crippen MR) is 79.7 cm³/mol. The van der Waals surface area contributed by atoms with Crippen molar-refractivity contribution in [1.29, 1.82) is 0 Å². The molecule has 3 rings (SSSR count). The Balaban J connectivity index is 1.97. The average Bonchev–Trinajstić information content (AvgIpc) is 2.96. The summed E-state index contributed by atoms with van der Waals surface area (Å²) in [7, 11) is 1.68. The van der Waals surface area contributed by atoms with Crippen LogP contribution in [-0.4, -0.2) is 23.8 Å². The number of benzene rings is 1. The van der Waals surface area contributed by atoms with Gasteiger partial charge in [0.2, 0.25) is 5.82 Å². The molecule has 5 nitrogen and oxygen atoms in total. The molecular weight excluding hydrogens is 266 g/mol. The summed E-state index contributed by atoms with van der Waals surface area (Å²) < 4.78 is 11.0. The number of rotatable bonds is 4. The van der Waals surface area contributed by atoms with Crippen molar-refractivity contribution < 1.29 is 9.26 Å². The van der Waals surface area contributed by atoms with Crippen LogP contribution < -0.4 is 5.32 Å². The minimum absolute atomic E-state index is 0.135. The molecule has 21 heavy (non-hydrogen) atoms. The zero-order chi connectivity index (χ0) is 14.8. The first kappa shape index (κ1) is 14.2. The summed E-state index contributed by atoms with van der Waals surface area (Å²) in [5.41, 5.74) is 3.67. The number of nitrogens with zero attached hydrogens (tertiary/aromatic N) is 2. The number of nitrogens with one attached hydrogen (secondary N) is 1. The van der Waals surface area contributed by atoms with E-state index in [0.717, 1.165) is 25.1 Å². The highest BCUT2D eigenvalue weighted by atomic mass is 16.5. The number of methoxy groups -OCH3 is 1. The largest absolute Gasteiger partial charge is 0.373 e. The van der Waals surface area contributed by atoms with Crippen LogP contribution in [0.25, 0.3) is 11.5 Å². The lowest BCUT2D eigenvalue weighted by Crippen LogP contribution is -2.24. The molecule has 1 aromatic carbocycles. The van der Waals surface area contributed by atoms with Crippen molar-refractivity contribution in [3.63, 3.8) is 0 Å². The van der Waals surface area contributed by atoms with Gasteiger partial charge in [-0.2, -0.15) is 4.98 Å². The Kier molecular flexibility index (Phi) is 4.03. The molecule has 0 spiro atoms. The van der Waals surface area contributed by atoms with Crippen molar-refractivity contribution in [2.75, 3.05) is 13.7 Å². The SMILES string of the molecule is COC(c1noc(-c2cccc3c2CCNC3)n1)C(C)C. The summed E-state index contributed by atoms with van der Waals surface area (Å²) >= 11 is 0. The molecule has 1 unspecified atom stereocenters. The van der Waals surface area contributed by atoms with Gasteiger partial charge in [0.25, 0.3) is 5.89 Å². The first-order valence-corrected chi connectivity index (χ1v) is 7.39. The molecule has 5 heteroatoms. The fourth-order valence-corrected chi connectivity index (χ4v) is 2.87. The van der Waals surface area contributed by atoms with Gasteiger partial charge in [-0.25, -0.2) is 0 Å². The van der Waals surface area contributed by atoms with Crippen LogP contribution in [0, 0.1) is 5.92 Å². The Morgan fingerprint density at radius 1 is 1.33 bits per heavy atom. The van der Waals surface area contributed by atoms with Gasteiger partial charge in [-0.1, -0.05) is 31.1 Å². The summed E-state index contributed by atoms with van der Waals surface area (Å²) in [5, 5.41) is 7.49. The summed E-state index contributed by atoms with van der Waals surface area (Å²) in [6.07, 6.45) is 0.852. The number of hydrogen-bond acceptors (Lipinski definition) is 5. The van der Waals surface area contributed by atoms with Crippen LogP contribution >= 0.6 is 0 Å². The normalized spacial score (nSPS) is 16.0. The smallest absolute Gasteiger partial charge is 0.258 e. The van der Waals surface area contributed by atoms with Crippen molar-refractivity contribution in [3.8, 4) is 11.5 Å². The molecule has 0 aliphatic carbocycles. The second kappa shape index (κ2) is 5.95. The fourth-order valence-electron chi connectivity index (χ4n) is 2.87. The zero-order valence-electron chi connectivity index (χ0n) is 12.7. The first-order valence-electron chi connectivity index (χ1n) is 7.39. The monoisotopic (exact) mass is 287 g/mol. The minimum Gasteiger partial charge on any atom is -0.373 e. The van der Waals surface area contributed by atoms with Gasteiger partial charge in [-0.05, 0) is 36.1 Å². The van der Waals surface area contributed by atoms with E-state index in [0.29, 0.717) is 17.6 Å². The molecule has 2 heterocycles. The highest BCUT2D eigenvalue weighted by molar-refractivity contribution is 5.61. The molecule has 1 aromatic heterocycles. The summed E-state index contributed by atoms with van der Waals surface area (Å²) in [4.78, 5) is 4.56. The summed E-state index contributed by atoms with van der Waals surface area (Å²) in [6, 6.07) is 6.24. The third-order valence-corrected chi connectivity index (χ3v) is 3.93. The van der Waals surface area contributed by atoms with E-state index in [4.69, 9.17) is 9.26 Å². The van der Waals surface area contributed by atoms with Gasteiger partial charge in [-0.3, -0.25) is 0 Å². The van der Waals surface area contributed by atoms with Crippen molar-refractivity contribution in [3.05, 3.63) is 35.2 Å². The molecule has 1 atom stereocenters. The van der Waals surface area contributed by atoms with Gasteiger partial charge in [0.1, 0.15) is 6.10 Å². The Bertz CT molecular complexity index is 622. The van der Waals surface area contributed by atoms with E-state index in [1.807, 2.05) is 6.07 Å². The van der Waals surface area contributed by atoms with E-state index < -0.39 is 0 Å². The molecule has 1 aliphatic rings. The highest BCUT2D eigenvalue weighted by Gasteiger charge is 2.23. The van der Waals surface area contributed by atoms with E-state index in [-0.39, 0.29) is 6.10 Å². The fraction of sp³-hybridized carbons (Fsp3) is 0.500. The number of ether oxygens (including phenoxy) is 1. The Morgan fingerprint density at radius 2 is 2.19 bits per heavy atom. The van der Waals surface area contributed by atoms with E-state index in [1.165, 1.54) is 11.1 Å². The maximum absolute atomic E-state index is 5.49. The van der Waals surface area contributed by atoms with Crippen LogP contribution in [0.2, 0.25) is 0 Å². The number of hydrogen-bond donors (Lipinski definition) is 1. The Hall–Kier alpha value is -1.72. The second-order valence-electron chi connectivity index (χ2n) is 5.73. The zero-order valence-corrected chi connectivity index (χ0v) is 12.7. The summed E-state index contributed by atoms with van der Waals surface area (Å²) in [5.74, 6) is 1.51. The van der Waals surface area contributed by atoms with Crippen LogP contribution in [0.4, 0.5) is 0 Å². The molecule has 0 radical (unpaired) electrons. The third kappa shape index (κ3) is 2.71. The molecular formula is C16H21N3O2. The first-order chi connectivity index (χ1) is 10.2. The van der Waals surface area contributed by atoms with Crippen molar-refractivity contribution >= 4 is 0 Å². The van der Waals surface area contributed by atoms with Crippen LogP contribution in [-0.2, 0) is 17.7 Å². The molecule has 0 bridgehead atoms. The minimum atomic E-state index is -0.135. The molecule has 0 saturated carbocycles.